The van der Waals surface area contributed by atoms with Gasteiger partial charge in [0.05, 0.1) is 36.2 Å². The van der Waals surface area contributed by atoms with Gasteiger partial charge in [0.25, 0.3) is 0 Å². The summed E-state index contributed by atoms with van der Waals surface area (Å²) in [5.74, 6) is -6.04. The summed E-state index contributed by atoms with van der Waals surface area (Å²) in [6.07, 6.45) is 1.05. The van der Waals surface area contributed by atoms with Crippen LogP contribution in [0.1, 0.15) is 149 Å². The second-order valence-electron chi connectivity index (χ2n) is 21.4. The number of aliphatic hydroxyl groups is 4. The zero-order valence-corrected chi connectivity index (χ0v) is 46.2. The van der Waals surface area contributed by atoms with Crippen molar-refractivity contribution in [2.75, 3.05) is 13.1 Å². The molecule has 1 aromatic heterocycles. The lowest BCUT2D eigenvalue weighted by Crippen LogP contribution is -2.62. The quantitative estimate of drug-likeness (QED) is 0.0695. The Morgan fingerprint density at radius 2 is 1.46 bits per heavy atom. The van der Waals surface area contributed by atoms with Crippen molar-refractivity contribution in [3.63, 3.8) is 0 Å². The van der Waals surface area contributed by atoms with Crippen LogP contribution in [-0.4, -0.2) is 176 Å². The van der Waals surface area contributed by atoms with Gasteiger partial charge in [0.15, 0.2) is 0 Å². The maximum Gasteiger partial charge on any atom is 0.248 e. The number of benzene rings is 1. The van der Waals surface area contributed by atoms with Crippen molar-refractivity contribution in [2.24, 2.45) is 24.6 Å². The van der Waals surface area contributed by atoms with E-state index in [2.05, 4.69) is 62.9 Å². The van der Waals surface area contributed by atoms with Gasteiger partial charge in [0.2, 0.25) is 52.4 Å². The number of nitrogens with two attached hydrogens (primary N) is 1. The third kappa shape index (κ3) is 18.6. The molecular formula is C52H82N12O13S. The van der Waals surface area contributed by atoms with Gasteiger partial charge < -0.3 is 67.7 Å². The number of nitrogens with one attached hydrogen (secondary N) is 5. The number of tetrazole rings is 1. The zero-order chi connectivity index (χ0) is 57.2. The molecule has 0 aliphatic carbocycles. The van der Waals surface area contributed by atoms with Crippen LogP contribution in [0.5, 0.6) is 5.75 Å². The van der Waals surface area contributed by atoms with E-state index in [0.29, 0.717) is 18.3 Å². The van der Waals surface area contributed by atoms with Crippen molar-refractivity contribution in [3.8, 4) is 5.75 Å². The van der Waals surface area contributed by atoms with Crippen molar-refractivity contribution < 1.29 is 63.9 Å². The molecule has 5 rings (SSSR count). The standard InChI is InChI=1S/C52H82N12O13S/c1-6-29(2)24-30(3)14-11-9-7-8-10-12-16-42(71)54-35-21-22-43(78-52-59-60-61-62(52)5)56-48(74)37-15-13-23-63(37)51(77)45(40(69)27-41(53)70)58-47(73)36(26-39(68)32-17-19-33(66)20-18-32)55-49(75)38-25-34(67)28-64(38)50(76)44(31(4)65)57-46(35)72/h17-20,29-31,34-40,43-45,65-69H,6-16,21-28H2,1-5H3,(H2,53,70)(H,54,71)(H,55,75)(H,56,74)(H,57,72)(H,58,73). The molecule has 4 heterocycles. The minimum atomic E-state index is -1.97. The number of fused-ring (bicyclic) bond motifs is 2. The highest BCUT2D eigenvalue weighted by molar-refractivity contribution is 7.99. The van der Waals surface area contributed by atoms with Gasteiger partial charge >= 0.3 is 0 Å². The number of carbonyl (C=O) groups is 8. The first-order chi connectivity index (χ1) is 37.1. The van der Waals surface area contributed by atoms with E-state index in [-0.39, 0.29) is 61.5 Å². The molecule has 0 radical (unpaired) electrons. The molecular weight excluding hydrogens is 1030 g/mol. The molecule has 26 heteroatoms. The van der Waals surface area contributed by atoms with Crippen LogP contribution in [0, 0.1) is 11.8 Å². The second kappa shape index (κ2) is 30.4. The van der Waals surface area contributed by atoms with Gasteiger partial charge in [-0.25, -0.2) is 4.68 Å². The average molecular weight is 1120 g/mol. The van der Waals surface area contributed by atoms with Crippen LogP contribution in [-0.2, 0) is 45.4 Å². The van der Waals surface area contributed by atoms with Crippen molar-refractivity contribution >= 4 is 59.0 Å². The smallest absolute Gasteiger partial charge is 0.248 e. The second-order valence-corrected chi connectivity index (χ2v) is 22.5. The number of carbonyl (C=O) groups excluding carboxylic acids is 8. The molecule has 3 fully saturated rings. The lowest BCUT2D eigenvalue weighted by molar-refractivity contribution is -0.146. The number of unbranched alkanes of at least 4 members (excludes halogenated alkanes) is 5. The maximum absolute atomic E-state index is 14.6. The Morgan fingerprint density at radius 1 is 0.808 bits per heavy atom. The molecule has 1 aromatic carbocycles. The predicted molar refractivity (Wildman–Crippen MR) is 284 cm³/mol. The molecule has 3 saturated heterocycles. The fourth-order valence-electron chi connectivity index (χ4n) is 10.2. The third-order valence-electron chi connectivity index (χ3n) is 14.8. The highest BCUT2D eigenvalue weighted by Gasteiger charge is 2.46. The molecule has 12 N–H and O–H groups in total. The van der Waals surface area contributed by atoms with Crippen LogP contribution in [0.4, 0.5) is 0 Å². The number of rotatable bonds is 22. The Kier molecular flexibility index (Phi) is 24.5. The van der Waals surface area contributed by atoms with E-state index in [1.807, 2.05) is 0 Å². The first-order valence-corrected chi connectivity index (χ1v) is 28.2. The van der Waals surface area contributed by atoms with Crippen LogP contribution < -0.4 is 32.3 Å². The third-order valence-corrected chi connectivity index (χ3v) is 16.0. The fourth-order valence-corrected chi connectivity index (χ4v) is 11.2. The summed E-state index contributed by atoms with van der Waals surface area (Å²) in [5.41, 5.74) is 5.64. The SMILES string of the molecule is CCC(C)CC(C)CCCCCCCCC(=O)NC1CCC(Sc2nnnn2C)NC(=O)C2CCCN2C(=O)C(C(O)CC(N)=O)NC(=O)C(CC(O)c2ccc(O)cc2)NC(=O)C2CC(O)CN2C(=O)C(C(C)O)NC1=O. The van der Waals surface area contributed by atoms with Crippen molar-refractivity contribution in [1.82, 2.24) is 56.6 Å². The molecule has 13 atom stereocenters. The summed E-state index contributed by atoms with van der Waals surface area (Å²) in [4.78, 5) is 115. The monoisotopic (exact) mass is 1110 g/mol. The largest absolute Gasteiger partial charge is 0.508 e. The maximum atomic E-state index is 14.6. The molecule has 0 bridgehead atoms. The molecule has 434 valence electrons. The summed E-state index contributed by atoms with van der Waals surface area (Å²) < 4.78 is 1.34. The van der Waals surface area contributed by atoms with Crippen LogP contribution >= 0.6 is 11.8 Å². The van der Waals surface area contributed by atoms with Gasteiger partial charge in [0, 0.05) is 39.4 Å². The van der Waals surface area contributed by atoms with E-state index in [9.17, 15) is 63.9 Å². The molecule has 13 unspecified atom stereocenters. The Bertz CT molecular complexity index is 2340. The minimum Gasteiger partial charge on any atom is -0.508 e. The summed E-state index contributed by atoms with van der Waals surface area (Å²) in [6, 6.07) is -4.34. The van der Waals surface area contributed by atoms with E-state index >= 15 is 0 Å². The predicted octanol–water partition coefficient (Wildman–Crippen LogP) is 0.0698. The molecule has 3 aliphatic heterocycles. The van der Waals surface area contributed by atoms with Gasteiger partial charge in [-0.1, -0.05) is 89.6 Å². The number of hydrogen-bond donors (Lipinski definition) is 11. The van der Waals surface area contributed by atoms with Gasteiger partial charge in [-0.2, -0.15) is 0 Å². The summed E-state index contributed by atoms with van der Waals surface area (Å²) in [6.45, 7) is 7.52. The molecule has 78 heavy (non-hydrogen) atoms. The summed E-state index contributed by atoms with van der Waals surface area (Å²) >= 11 is 1.00. The lowest BCUT2D eigenvalue weighted by Gasteiger charge is -2.33. The fraction of sp³-hybridized carbons (Fsp3) is 0.712. The van der Waals surface area contributed by atoms with Gasteiger partial charge in [-0.3, -0.25) is 38.4 Å². The lowest BCUT2D eigenvalue weighted by atomic mass is 9.91. The van der Waals surface area contributed by atoms with Gasteiger partial charge in [-0.15, -0.1) is 5.10 Å². The van der Waals surface area contributed by atoms with Crippen LogP contribution in [0.25, 0.3) is 0 Å². The summed E-state index contributed by atoms with van der Waals surface area (Å²) in [7, 11) is 1.56. The Balaban J connectivity index is 1.47. The number of nitrogens with zero attached hydrogens (tertiary/aromatic N) is 6. The van der Waals surface area contributed by atoms with Gasteiger partial charge in [-0.05, 0) is 85.4 Å². The number of phenols is 1. The van der Waals surface area contributed by atoms with E-state index in [0.717, 1.165) is 53.7 Å². The number of thioether (sulfide) groups is 1. The number of aryl methyl sites for hydroxylation is 1. The molecule has 0 saturated carbocycles. The minimum absolute atomic E-state index is 0.0400. The summed E-state index contributed by atoms with van der Waals surface area (Å²) in [5, 5.41) is 78.8. The van der Waals surface area contributed by atoms with Crippen molar-refractivity contribution in [3.05, 3.63) is 29.8 Å². The van der Waals surface area contributed by atoms with E-state index in [4.69, 9.17) is 5.73 Å². The van der Waals surface area contributed by atoms with E-state index in [1.165, 1.54) is 55.1 Å². The van der Waals surface area contributed by atoms with Crippen molar-refractivity contribution in [1.29, 1.82) is 0 Å². The van der Waals surface area contributed by atoms with Crippen LogP contribution in [0.15, 0.2) is 29.4 Å². The highest BCUT2D eigenvalue weighted by Crippen LogP contribution is 2.28. The number of aliphatic hydroxyl groups excluding tert-OH is 4. The Morgan fingerprint density at radius 3 is 2.12 bits per heavy atom. The zero-order valence-electron chi connectivity index (χ0n) is 45.4. The molecule has 0 spiro atoms. The van der Waals surface area contributed by atoms with Gasteiger partial charge in [0.1, 0.15) is 42.0 Å². The number of aromatic nitrogens is 4. The first-order valence-electron chi connectivity index (χ1n) is 27.4. The first kappa shape index (κ1) is 62.9. The normalized spacial score (nSPS) is 26.0. The number of phenolic OH excluding ortho intramolecular Hbond substituents is 1. The number of primary amides is 1. The highest BCUT2D eigenvalue weighted by atomic mass is 32.2. The Hall–Kier alpha value is -5.96. The van der Waals surface area contributed by atoms with E-state index < -0.39 is 133 Å². The molecule has 8 amide bonds. The number of aromatic hydroxyl groups is 1. The van der Waals surface area contributed by atoms with E-state index in [1.54, 1.807) is 7.05 Å². The van der Waals surface area contributed by atoms with Crippen LogP contribution in [0.3, 0.4) is 0 Å². The topological polar surface area (TPSA) is 374 Å². The molecule has 3 aliphatic rings. The van der Waals surface area contributed by atoms with Crippen LogP contribution in [0.2, 0.25) is 0 Å². The molecule has 25 nitrogen and oxygen atoms in total. The number of amides is 8. The average Bonchev–Trinajstić information content (AvgIpc) is 4.17. The molecule has 2 aromatic rings. The van der Waals surface area contributed by atoms with Crippen molar-refractivity contribution in [2.45, 2.75) is 208 Å². The Labute approximate surface area is 459 Å². The number of hydrogen-bond acceptors (Lipinski definition) is 17.